The van der Waals surface area contributed by atoms with E-state index < -0.39 is 0 Å². The molecule has 0 atom stereocenters. The van der Waals surface area contributed by atoms with Gasteiger partial charge in [0.1, 0.15) is 11.3 Å². The quantitative estimate of drug-likeness (QED) is 0.940. The number of likely N-dealkylation sites (tertiary alicyclic amines) is 1. The molecule has 1 fully saturated rings. The third-order valence-corrected chi connectivity index (χ3v) is 4.17. The van der Waals surface area contributed by atoms with E-state index in [-0.39, 0.29) is 5.91 Å². The lowest BCUT2D eigenvalue weighted by molar-refractivity contribution is -0.117. The van der Waals surface area contributed by atoms with Gasteiger partial charge in [0.25, 0.3) is 0 Å². The minimum atomic E-state index is 0.0594. The number of nitrogens with zero attached hydrogens (tertiary/aromatic N) is 1. The topological polar surface area (TPSA) is 45.5 Å². The Morgan fingerprint density at radius 3 is 2.86 bits per heavy atom. The summed E-state index contributed by atoms with van der Waals surface area (Å²) in [5, 5.41) is 4.00. The van der Waals surface area contributed by atoms with Crippen molar-refractivity contribution in [2.45, 2.75) is 26.7 Å². The number of furan rings is 1. The van der Waals surface area contributed by atoms with E-state index in [1.165, 1.54) is 12.8 Å². The summed E-state index contributed by atoms with van der Waals surface area (Å²) in [6.45, 7) is 6.73. The van der Waals surface area contributed by atoms with E-state index in [9.17, 15) is 4.79 Å². The van der Waals surface area contributed by atoms with Gasteiger partial charge < -0.3 is 9.73 Å². The molecule has 0 aliphatic carbocycles. The summed E-state index contributed by atoms with van der Waals surface area (Å²) >= 11 is 0. The van der Waals surface area contributed by atoms with Crippen LogP contribution in [-0.2, 0) is 4.79 Å². The molecule has 1 N–H and O–H groups in total. The van der Waals surface area contributed by atoms with Crippen molar-refractivity contribution in [3.63, 3.8) is 0 Å². The first-order valence-electron chi connectivity index (χ1n) is 7.62. The summed E-state index contributed by atoms with van der Waals surface area (Å²) in [6, 6.07) is 7.74. The lowest BCUT2D eigenvalue weighted by Crippen LogP contribution is -2.38. The van der Waals surface area contributed by atoms with Gasteiger partial charge in [0.05, 0.1) is 6.54 Å². The normalized spacial score (nSPS) is 17.2. The summed E-state index contributed by atoms with van der Waals surface area (Å²) in [7, 11) is 0. The monoisotopic (exact) mass is 286 g/mol. The Bertz CT molecular complexity index is 639. The predicted octanol–water partition coefficient (Wildman–Crippen LogP) is 3.41. The highest BCUT2D eigenvalue weighted by Crippen LogP contribution is 2.22. The molecule has 2 aromatic rings. The van der Waals surface area contributed by atoms with Gasteiger partial charge in [0.2, 0.25) is 5.91 Å². The van der Waals surface area contributed by atoms with Crippen LogP contribution in [-0.4, -0.2) is 30.4 Å². The molecular weight excluding hydrogens is 264 g/mol. The second kappa shape index (κ2) is 5.90. The number of nitrogens with one attached hydrogen (secondary N) is 1. The minimum Gasteiger partial charge on any atom is -0.461 e. The van der Waals surface area contributed by atoms with E-state index in [2.05, 4.69) is 17.1 Å². The van der Waals surface area contributed by atoms with Crippen molar-refractivity contribution in [3.05, 3.63) is 30.0 Å². The van der Waals surface area contributed by atoms with E-state index in [1.54, 1.807) is 0 Å². The summed E-state index contributed by atoms with van der Waals surface area (Å²) in [4.78, 5) is 14.4. The molecule has 3 rings (SSSR count). The number of benzene rings is 1. The molecular formula is C17H22N2O2. The fourth-order valence-corrected chi connectivity index (χ4v) is 2.88. The molecule has 112 valence electrons. The predicted molar refractivity (Wildman–Crippen MR) is 84.4 cm³/mol. The van der Waals surface area contributed by atoms with Crippen molar-refractivity contribution >= 4 is 22.6 Å². The summed E-state index contributed by atoms with van der Waals surface area (Å²) < 4.78 is 5.54. The third-order valence-electron chi connectivity index (χ3n) is 4.17. The average Bonchev–Trinajstić information content (AvgIpc) is 2.80. The molecule has 4 heteroatoms. The standard InChI is InChI=1S/C17H22N2O2/c1-12-5-7-19(8-6-12)11-17(20)18-15-3-4-16-14(10-15)9-13(2)21-16/h3-4,9-10,12H,5-8,11H2,1-2H3,(H,18,20). The van der Waals surface area contributed by atoms with Crippen LogP contribution in [0.1, 0.15) is 25.5 Å². The Labute approximate surface area is 125 Å². The molecule has 21 heavy (non-hydrogen) atoms. The van der Waals surface area contributed by atoms with Gasteiger partial charge in [-0.25, -0.2) is 0 Å². The number of rotatable bonds is 3. The van der Waals surface area contributed by atoms with E-state index in [0.29, 0.717) is 6.54 Å². The van der Waals surface area contributed by atoms with Crippen LogP contribution in [0.5, 0.6) is 0 Å². The second-order valence-corrected chi connectivity index (χ2v) is 6.12. The molecule has 0 bridgehead atoms. The zero-order chi connectivity index (χ0) is 14.8. The van der Waals surface area contributed by atoms with Crippen LogP contribution in [0.3, 0.4) is 0 Å². The van der Waals surface area contributed by atoms with Gasteiger partial charge in [-0.05, 0) is 63.0 Å². The molecule has 2 heterocycles. The van der Waals surface area contributed by atoms with E-state index >= 15 is 0 Å². The zero-order valence-electron chi connectivity index (χ0n) is 12.7. The van der Waals surface area contributed by atoms with Gasteiger partial charge in [-0.2, -0.15) is 0 Å². The largest absolute Gasteiger partial charge is 0.461 e. The Morgan fingerprint density at radius 2 is 2.10 bits per heavy atom. The smallest absolute Gasteiger partial charge is 0.238 e. The Kier molecular flexibility index (Phi) is 3.97. The van der Waals surface area contributed by atoms with Crippen LogP contribution in [0.15, 0.2) is 28.7 Å². The number of aryl methyl sites for hydroxylation is 1. The fourth-order valence-electron chi connectivity index (χ4n) is 2.88. The van der Waals surface area contributed by atoms with Crippen molar-refractivity contribution in [2.24, 2.45) is 5.92 Å². The van der Waals surface area contributed by atoms with Crippen LogP contribution in [0.25, 0.3) is 11.0 Å². The molecule has 0 unspecified atom stereocenters. The van der Waals surface area contributed by atoms with Crippen LogP contribution >= 0.6 is 0 Å². The number of hydrogen-bond donors (Lipinski definition) is 1. The Hall–Kier alpha value is -1.81. The lowest BCUT2D eigenvalue weighted by Gasteiger charge is -2.29. The molecule has 4 nitrogen and oxygen atoms in total. The first kappa shape index (κ1) is 14.1. The van der Waals surface area contributed by atoms with Crippen molar-refractivity contribution in [1.29, 1.82) is 0 Å². The number of hydrogen-bond acceptors (Lipinski definition) is 3. The van der Waals surface area contributed by atoms with Gasteiger partial charge in [0, 0.05) is 11.1 Å². The number of piperidine rings is 1. The van der Waals surface area contributed by atoms with E-state index in [0.717, 1.165) is 41.4 Å². The van der Waals surface area contributed by atoms with Gasteiger partial charge >= 0.3 is 0 Å². The van der Waals surface area contributed by atoms with Crippen molar-refractivity contribution in [1.82, 2.24) is 4.90 Å². The van der Waals surface area contributed by atoms with Crippen molar-refractivity contribution < 1.29 is 9.21 Å². The molecule has 1 aromatic heterocycles. The lowest BCUT2D eigenvalue weighted by atomic mass is 9.99. The van der Waals surface area contributed by atoms with Crippen LogP contribution < -0.4 is 5.32 Å². The number of amides is 1. The van der Waals surface area contributed by atoms with E-state index in [4.69, 9.17) is 4.42 Å². The van der Waals surface area contributed by atoms with Gasteiger partial charge in [-0.1, -0.05) is 6.92 Å². The number of carbonyl (C=O) groups excluding carboxylic acids is 1. The molecule has 1 amide bonds. The highest BCUT2D eigenvalue weighted by atomic mass is 16.3. The maximum Gasteiger partial charge on any atom is 0.238 e. The van der Waals surface area contributed by atoms with Crippen molar-refractivity contribution in [2.75, 3.05) is 25.0 Å². The SMILES string of the molecule is Cc1cc2cc(NC(=O)CN3CCC(C)CC3)ccc2o1. The highest BCUT2D eigenvalue weighted by molar-refractivity contribution is 5.94. The number of fused-ring (bicyclic) bond motifs is 1. The van der Waals surface area contributed by atoms with Gasteiger partial charge in [0.15, 0.2) is 0 Å². The Balaban J connectivity index is 1.60. The maximum atomic E-state index is 12.1. The minimum absolute atomic E-state index is 0.0594. The van der Waals surface area contributed by atoms with Crippen LogP contribution in [0.2, 0.25) is 0 Å². The zero-order valence-corrected chi connectivity index (χ0v) is 12.7. The highest BCUT2D eigenvalue weighted by Gasteiger charge is 2.18. The average molecular weight is 286 g/mol. The molecule has 0 saturated carbocycles. The van der Waals surface area contributed by atoms with Gasteiger partial charge in [-0.3, -0.25) is 9.69 Å². The fraction of sp³-hybridized carbons (Fsp3) is 0.471. The molecule has 1 aliphatic rings. The third kappa shape index (κ3) is 3.45. The van der Waals surface area contributed by atoms with Crippen LogP contribution in [0.4, 0.5) is 5.69 Å². The first-order valence-corrected chi connectivity index (χ1v) is 7.62. The van der Waals surface area contributed by atoms with E-state index in [1.807, 2.05) is 31.2 Å². The number of anilines is 1. The van der Waals surface area contributed by atoms with Crippen molar-refractivity contribution in [3.8, 4) is 0 Å². The summed E-state index contributed by atoms with van der Waals surface area (Å²) in [5.74, 6) is 1.73. The summed E-state index contributed by atoms with van der Waals surface area (Å²) in [6.07, 6.45) is 2.38. The molecule has 0 spiro atoms. The Morgan fingerprint density at radius 1 is 1.33 bits per heavy atom. The molecule has 1 aromatic carbocycles. The summed E-state index contributed by atoms with van der Waals surface area (Å²) in [5.41, 5.74) is 1.69. The second-order valence-electron chi connectivity index (χ2n) is 6.12. The molecule has 1 aliphatic heterocycles. The number of carbonyl (C=O) groups is 1. The van der Waals surface area contributed by atoms with Gasteiger partial charge in [-0.15, -0.1) is 0 Å². The first-order chi connectivity index (χ1) is 10.1. The maximum absolute atomic E-state index is 12.1. The molecule has 0 radical (unpaired) electrons. The van der Waals surface area contributed by atoms with Crippen LogP contribution in [0, 0.1) is 12.8 Å². The molecule has 1 saturated heterocycles.